The number of thiophene rings is 1. The predicted molar refractivity (Wildman–Crippen MR) is 107 cm³/mol. The molecule has 1 fully saturated rings. The normalized spacial score (nSPS) is 17.3. The molecule has 0 spiro atoms. The van der Waals surface area contributed by atoms with Crippen molar-refractivity contribution in [2.75, 3.05) is 19.8 Å². The molecule has 3 rings (SSSR count). The molecule has 0 radical (unpaired) electrons. The smallest absolute Gasteiger partial charge is 0.191 e. The molecule has 26 heavy (non-hydrogen) atoms. The van der Waals surface area contributed by atoms with E-state index in [1.54, 1.807) is 11.3 Å². The van der Waals surface area contributed by atoms with Crippen molar-refractivity contribution in [2.45, 2.75) is 39.5 Å². The van der Waals surface area contributed by atoms with Crippen molar-refractivity contribution in [1.29, 1.82) is 0 Å². The van der Waals surface area contributed by atoms with Crippen molar-refractivity contribution >= 4 is 17.3 Å². The second-order valence-electron chi connectivity index (χ2n) is 6.39. The Kier molecular flexibility index (Phi) is 6.91. The number of aryl methyl sites for hydroxylation is 1. The lowest BCUT2D eigenvalue weighted by Gasteiger charge is -2.18. The van der Waals surface area contributed by atoms with E-state index in [1.807, 2.05) is 0 Å². The fourth-order valence-corrected chi connectivity index (χ4v) is 3.44. The second-order valence-corrected chi connectivity index (χ2v) is 7.17. The van der Waals surface area contributed by atoms with Gasteiger partial charge in [-0.15, -0.1) is 0 Å². The predicted octanol–water partition coefficient (Wildman–Crippen LogP) is 3.48. The van der Waals surface area contributed by atoms with Crippen molar-refractivity contribution in [2.24, 2.45) is 4.99 Å². The molecule has 0 bridgehead atoms. The van der Waals surface area contributed by atoms with Gasteiger partial charge in [-0.3, -0.25) is 0 Å². The number of nitrogens with zero attached hydrogens (tertiary/aromatic N) is 1. The van der Waals surface area contributed by atoms with E-state index >= 15 is 0 Å². The first-order valence-electron chi connectivity index (χ1n) is 9.11. The molecule has 1 unspecified atom stereocenters. The van der Waals surface area contributed by atoms with Crippen LogP contribution in [-0.4, -0.2) is 31.8 Å². The fraction of sp³-hybridized carbons (Fsp3) is 0.450. The summed E-state index contributed by atoms with van der Waals surface area (Å²) in [5.74, 6) is 1.75. The van der Waals surface area contributed by atoms with E-state index in [-0.39, 0.29) is 6.10 Å². The van der Waals surface area contributed by atoms with Gasteiger partial charge in [-0.1, -0.05) is 12.1 Å². The second kappa shape index (κ2) is 9.59. The topological polar surface area (TPSA) is 54.9 Å². The van der Waals surface area contributed by atoms with Gasteiger partial charge in [0, 0.05) is 25.1 Å². The Hall–Kier alpha value is -2.05. The molecule has 0 aliphatic carbocycles. The quantitative estimate of drug-likeness (QED) is 0.576. The molecular formula is C20H27N3O2S. The number of guanidine groups is 1. The minimum Gasteiger partial charge on any atom is -0.488 e. The van der Waals surface area contributed by atoms with Crippen LogP contribution in [0.5, 0.6) is 5.75 Å². The van der Waals surface area contributed by atoms with Gasteiger partial charge in [-0.05, 0) is 47.9 Å². The summed E-state index contributed by atoms with van der Waals surface area (Å²) >= 11 is 1.70. The summed E-state index contributed by atoms with van der Waals surface area (Å²) in [6.45, 7) is 7.78. The van der Waals surface area contributed by atoms with Gasteiger partial charge in [0.15, 0.2) is 5.96 Å². The molecule has 1 atom stereocenters. The Morgan fingerprint density at radius 2 is 2.27 bits per heavy atom. The molecule has 0 saturated carbocycles. The lowest BCUT2D eigenvalue weighted by atomic mass is 10.1. The summed E-state index contributed by atoms with van der Waals surface area (Å²) in [6, 6.07) is 8.44. The summed E-state index contributed by atoms with van der Waals surface area (Å²) in [5, 5.41) is 10.9. The molecule has 2 aromatic rings. The number of benzene rings is 1. The van der Waals surface area contributed by atoms with E-state index in [9.17, 15) is 0 Å². The van der Waals surface area contributed by atoms with E-state index in [2.05, 4.69) is 64.5 Å². The Bertz CT molecular complexity index is 710. The monoisotopic (exact) mass is 373 g/mol. The number of nitrogens with one attached hydrogen (secondary N) is 2. The van der Waals surface area contributed by atoms with Crippen LogP contribution in [0.1, 0.15) is 30.0 Å². The number of hydrogen-bond donors (Lipinski definition) is 2. The van der Waals surface area contributed by atoms with Crippen LogP contribution in [0.4, 0.5) is 0 Å². The van der Waals surface area contributed by atoms with Gasteiger partial charge in [-0.2, -0.15) is 11.3 Å². The average Bonchev–Trinajstić information content (AvgIpc) is 3.32. The van der Waals surface area contributed by atoms with Crippen LogP contribution < -0.4 is 15.4 Å². The van der Waals surface area contributed by atoms with Crippen LogP contribution in [-0.2, 0) is 17.8 Å². The van der Waals surface area contributed by atoms with Crippen LogP contribution in [0.3, 0.4) is 0 Å². The van der Waals surface area contributed by atoms with Crippen molar-refractivity contribution in [1.82, 2.24) is 10.6 Å². The van der Waals surface area contributed by atoms with Gasteiger partial charge in [0.1, 0.15) is 11.9 Å². The molecule has 1 aromatic heterocycles. The number of aliphatic imine (C=N–C) groups is 1. The average molecular weight is 374 g/mol. The molecule has 140 valence electrons. The summed E-state index contributed by atoms with van der Waals surface area (Å²) in [4.78, 5) is 4.66. The van der Waals surface area contributed by atoms with Crippen LogP contribution in [0, 0.1) is 6.92 Å². The van der Waals surface area contributed by atoms with E-state index < -0.39 is 0 Å². The Balaban J connectivity index is 1.65. The van der Waals surface area contributed by atoms with E-state index in [0.717, 1.165) is 36.8 Å². The third-order valence-corrected chi connectivity index (χ3v) is 4.93. The maximum atomic E-state index is 6.17. The molecule has 1 saturated heterocycles. The SMILES string of the molecule is CCNC(=NCc1ccsc1)NCc1ccc(C)cc1OC1CCOC1. The van der Waals surface area contributed by atoms with Crippen molar-refractivity contribution in [3.8, 4) is 5.75 Å². The molecule has 2 heterocycles. The summed E-state index contributed by atoms with van der Waals surface area (Å²) in [5.41, 5.74) is 3.55. The third-order valence-electron chi connectivity index (χ3n) is 4.19. The zero-order valence-corrected chi connectivity index (χ0v) is 16.3. The third kappa shape index (κ3) is 5.47. The summed E-state index contributed by atoms with van der Waals surface area (Å²) in [6.07, 6.45) is 1.10. The number of hydrogen-bond acceptors (Lipinski definition) is 4. The maximum Gasteiger partial charge on any atom is 0.191 e. The van der Waals surface area contributed by atoms with Gasteiger partial charge >= 0.3 is 0 Å². The highest BCUT2D eigenvalue weighted by molar-refractivity contribution is 7.07. The minimum absolute atomic E-state index is 0.149. The molecule has 5 nitrogen and oxygen atoms in total. The standard InChI is InChI=1S/C20H27N3O2S/c1-3-21-20(22-11-16-7-9-26-14-16)23-12-17-5-4-15(2)10-19(17)25-18-6-8-24-13-18/h4-5,7,9-10,14,18H,3,6,8,11-13H2,1-2H3,(H2,21,22,23). The fourth-order valence-electron chi connectivity index (χ4n) is 2.78. The van der Waals surface area contributed by atoms with E-state index in [4.69, 9.17) is 9.47 Å². The van der Waals surface area contributed by atoms with Crippen molar-refractivity contribution in [3.05, 3.63) is 51.7 Å². The van der Waals surface area contributed by atoms with Crippen LogP contribution in [0.25, 0.3) is 0 Å². The van der Waals surface area contributed by atoms with Gasteiger partial charge in [0.2, 0.25) is 0 Å². The van der Waals surface area contributed by atoms with Crippen LogP contribution >= 0.6 is 11.3 Å². The molecule has 1 aliphatic heterocycles. The lowest BCUT2D eigenvalue weighted by Crippen LogP contribution is -2.37. The summed E-state index contributed by atoms with van der Waals surface area (Å²) in [7, 11) is 0. The highest BCUT2D eigenvalue weighted by Gasteiger charge is 2.18. The van der Waals surface area contributed by atoms with Gasteiger partial charge in [0.05, 0.1) is 19.8 Å². The lowest BCUT2D eigenvalue weighted by molar-refractivity contribution is 0.140. The largest absolute Gasteiger partial charge is 0.488 e. The Morgan fingerprint density at radius 3 is 3.00 bits per heavy atom. The minimum atomic E-state index is 0.149. The first-order valence-corrected chi connectivity index (χ1v) is 10.1. The van der Waals surface area contributed by atoms with Crippen molar-refractivity contribution in [3.63, 3.8) is 0 Å². The highest BCUT2D eigenvalue weighted by Crippen LogP contribution is 2.23. The molecule has 2 N–H and O–H groups in total. The van der Waals surface area contributed by atoms with Crippen LogP contribution in [0.15, 0.2) is 40.0 Å². The highest BCUT2D eigenvalue weighted by atomic mass is 32.1. The van der Waals surface area contributed by atoms with Crippen molar-refractivity contribution < 1.29 is 9.47 Å². The van der Waals surface area contributed by atoms with Gasteiger partial charge in [0.25, 0.3) is 0 Å². The molecular weight excluding hydrogens is 346 g/mol. The Labute approximate surface area is 159 Å². The number of ether oxygens (including phenoxy) is 2. The van der Waals surface area contributed by atoms with E-state index in [0.29, 0.717) is 19.7 Å². The maximum absolute atomic E-state index is 6.17. The van der Waals surface area contributed by atoms with Gasteiger partial charge < -0.3 is 20.1 Å². The van der Waals surface area contributed by atoms with E-state index in [1.165, 1.54) is 11.1 Å². The summed E-state index contributed by atoms with van der Waals surface area (Å²) < 4.78 is 11.6. The Morgan fingerprint density at radius 1 is 1.35 bits per heavy atom. The molecule has 1 aromatic carbocycles. The zero-order valence-electron chi connectivity index (χ0n) is 15.5. The van der Waals surface area contributed by atoms with Gasteiger partial charge in [-0.25, -0.2) is 4.99 Å². The zero-order chi connectivity index (χ0) is 18.2. The first-order chi connectivity index (χ1) is 12.7. The molecule has 6 heteroatoms. The first kappa shape index (κ1) is 18.7. The molecule has 0 amide bonds. The molecule has 1 aliphatic rings. The van der Waals surface area contributed by atoms with Crippen LogP contribution in [0.2, 0.25) is 0 Å². The number of rotatable bonds is 7.